The average molecular weight is 245 g/mol. The Labute approximate surface area is 107 Å². The maximum Gasteiger partial charge on any atom is 0.0819 e. The number of nitrogens with zero attached hydrogens (tertiary/aromatic N) is 1. The zero-order chi connectivity index (χ0) is 13.0. The Hall–Kier alpha value is -1.73. The van der Waals surface area contributed by atoms with Crippen molar-refractivity contribution in [3.05, 3.63) is 23.8 Å². The molecule has 0 spiro atoms. The molecule has 4 heteroatoms. The van der Waals surface area contributed by atoms with Gasteiger partial charge in [0, 0.05) is 17.9 Å². The third kappa shape index (κ3) is 2.93. The molecule has 1 aromatic rings. The smallest absolute Gasteiger partial charge is 0.0819 e. The molecule has 0 bridgehead atoms. The van der Waals surface area contributed by atoms with Crippen molar-refractivity contribution < 1.29 is 5.11 Å². The summed E-state index contributed by atoms with van der Waals surface area (Å²) in [6.45, 7) is 0.558. The van der Waals surface area contributed by atoms with Crippen LogP contribution >= 0.6 is 0 Å². The Balaban J connectivity index is 2.01. The van der Waals surface area contributed by atoms with Crippen LogP contribution in [0, 0.1) is 11.3 Å². The van der Waals surface area contributed by atoms with Gasteiger partial charge in [-0.1, -0.05) is 12.8 Å². The molecule has 0 aliphatic heterocycles. The van der Waals surface area contributed by atoms with E-state index < -0.39 is 5.60 Å². The molecule has 1 aromatic carbocycles. The normalized spacial score (nSPS) is 17.3. The Kier molecular flexibility index (Phi) is 3.73. The van der Waals surface area contributed by atoms with Crippen LogP contribution in [0.2, 0.25) is 0 Å². The number of nitrogens with one attached hydrogen (secondary N) is 1. The van der Waals surface area contributed by atoms with Crippen molar-refractivity contribution in [3.8, 4) is 6.07 Å². The van der Waals surface area contributed by atoms with Crippen LogP contribution in [0.15, 0.2) is 18.2 Å². The summed E-state index contributed by atoms with van der Waals surface area (Å²) < 4.78 is 0. The molecule has 96 valence electrons. The first-order valence-corrected chi connectivity index (χ1v) is 6.35. The molecule has 18 heavy (non-hydrogen) atoms. The molecule has 0 radical (unpaired) electrons. The third-order valence-electron chi connectivity index (χ3n) is 3.57. The van der Waals surface area contributed by atoms with Crippen molar-refractivity contribution in [3.63, 3.8) is 0 Å². The standard InChI is InChI=1S/C14H19N3O/c15-8-5-11-9-12(3-4-13(11)16)17-10-14(18)6-1-2-7-14/h3-4,9,17-18H,1-2,5-7,10,16H2. The molecule has 1 fully saturated rings. The van der Waals surface area contributed by atoms with Crippen LogP contribution < -0.4 is 11.1 Å². The number of benzene rings is 1. The van der Waals surface area contributed by atoms with Gasteiger partial charge in [0.15, 0.2) is 0 Å². The molecule has 1 aliphatic rings. The highest BCUT2D eigenvalue weighted by atomic mass is 16.3. The van der Waals surface area contributed by atoms with E-state index in [2.05, 4.69) is 11.4 Å². The number of hydrogen-bond donors (Lipinski definition) is 3. The Morgan fingerprint density at radius 1 is 1.39 bits per heavy atom. The van der Waals surface area contributed by atoms with Crippen LogP contribution in [0.25, 0.3) is 0 Å². The zero-order valence-electron chi connectivity index (χ0n) is 10.4. The third-order valence-corrected chi connectivity index (χ3v) is 3.57. The van der Waals surface area contributed by atoms with Crippen molar-refractivity contribution in [2.45, 2.75) is 37.7 Å². The first-order chi connectivity index (χ1) is 8.63. The summed E-state index contributed by atoms with van der Waals surface area (Å²) in [7, 11) is 0. The lowest BCUT2D eigenvalue weighted by Gasteiger charge is -2.23. The number of aliphatic hydroxyl groups is 1. The van der Waals surface area contributed by atoms with Gasteiger partial charge in [-0.2, -0.15) is 5.26 Å². The quantitative estimate of drug-likeness (QED) is 0.709. The van der Waals surface area contributed by atoms with Crippen LogP contribution in [0.5, 0.6) is 0 Å². The molecule has 0 atom stereocenters. The van der Waals surface area contributed by atoms with Crippen molar-refractivity contribution in [2.75, 3.05) is 17.6 Å². The van der Waals surface area contributed by atoms with Gasteiger partial charge in [0.1, 0.15) is 0 Å². The van der Waals surface area contributed by atoms with Crippen LogP contribution in [-0.2, 0) is 6.42 Å². The van der Waals surface area contributed by atoms with Gasteiger partial charge in [0.2, 0.25) is 0 Å². The summed E-state index contributed by atoms with van der Waals surface area (Å²) >= 11 is 0. The minimum atomic E-state index is -0.573. The van der Waals surface area contributed by atoms with E-state index in [4.69, 9.17) is 11.0 Å². The predicted molar refractivity (Wildman–Crippen MR) is 72.1 cm³/mol. The number of rotatable bonds is 4. The van der Waals surface area contributed by atoms with Gasteiger partial charge in [-0.25, -0.2) is 0 Å². The molecule has 0 aromatic heterocycles. The second-order valence-electron chi connectivity index (χ2n) is 5.03. The summed E-state index contributed by atoms with van der Waals surface area (Å²) in [6, 6.07) is 7.67. The number of nitrogen functional groups attached to an aromatic ring is 1. The summed E-state index contributed by atoms with van der Waals surface area (Å²) in [5.41, 5.74) is 7.61. The highest BCUT2D eigenvalue weighted by Crippen LogP contribution is 2.30. The fourth-order valence-corrected chi connectivity index (χ4v) is 2.43. The van der Waals surface area contributed by atoms with E-state index in [1.807, 2.05) is 12.1 Å². The van der Waals surface area contributed by atoms with Gasteiger partial charge in [-0.3, -0.25) is 0 Å². The van der Waals surface area contributed by atoms with E-state index >= 15 is 0 Å². The number of anilines is 2. The summed E-state index contributed by atoms with van der Waals surface area (Å²) in [6.07, 6.45) is 4.23. The minimum Gasteiger partial charge on any atom is -0.398 e. The molecule has 4 N–H and O–H groups in total. The lowest BCUT2D eigenvalue weighted by molar-refractivity contribution is 0.0615. The van der Waals surface area contributed by atoms with E-state index in [-0.39, 0.29) is 0 Å². The molecule has 1 aliphatic carbocycles. The fraction of sp³-hybridized carbons (Fsp3) is 0.500. The maximum absolute atomic E-state index is 10.2. The van der Waals surface area contributed by atoms with Gasteiger partial charge < -0.3 is 16.2 Å². The number of nitrogens with two attached hydrogens (primary N) is 1. The first-order valence-electron chi connectivity index (χ1n) is 6.35. The molecule has 0 unspecified atom stereocenters. The number of hydrogen-bond acceptors (Lipinski definition) is 4. The second kappa shape index (κ2) is 5.28. The molecule has 0 heterocycles. The van der Waals surface area contributed by atoms with Gasteiger partial charge in [-0.15, -0.1) is 0 Å². The Morgan fingerprint density at radius 2 is 2.11 bits per heavy atom. The van der Waals surface area contributed by atoms with E-state index in [1.165, 1.54) is 0 Å². The van der Waals surface area contributed by atoms with E-state index in [0.717, 1.165) is 36.9 Å². The average Bonchev–Trinajstić information content (AvgIpc) is 2.78. The molecular weight excluding hydrogens is 226 g/mol. The van der Waals surface area contributed by atoms with Gasteiger partial charge in [0.05, 0.1) is 18.1 Å². The summed E-state index contributed by atoms with van der Waals surface area (Å²) in [5, 5.41) is 22.2. The Bertz CT molecular complexity index is 459. The number of nitriles is 1. The first kappa shape index (κ1) is 12.7. The van der Waals surface area contributed by atoms with Crippen LogP contribution in [0.4, 0.5) is 11.4 Å². The second-order valence-corrected chi connectivity index (χ2v) is 5.03. The summed E-state index contributed by atoms with van der Waals surface area (Å²) in [4.78, 5) is 0. The van der Waals surface area contributed by atoms with E-state index in [0.29, 0.717) is 18.7 Å². The maximum atomic E-state index is 10.2. The zero-order valence-corrected chi connectivity index (χ0v) is 10.4. The molecular formula is C14H19N3O. The topological polar surface area (TPSA) is 82.1 Å². The molecule has 0 amide bonds. The van der Waals surface area contributed by atoms with Crippen molar-refractivity contribution in [1.29, 1.82) is 5.26 Å². The fourth-order valence-electron chi connectivity index (χ4n) is 2.43. The van der Waals surface area contributed by atoms with Crippen molar-refractivity contribution >= 4 is 11.4 Å². The van der Waals surface area contributed by atoms with Crippen molar-refractivity contribution in [2.24, 2.45) is 0 Å². The minimum absolute atomic E-state index is 0.311. The SMILES string of the molecule is N#CCc1cc(NCC2(O)CCCC2)ccc1N. The predicted octanol–water partition coefficient (Wildman–Crippen LogP) is 2.05. The van der Waals surface area contributed by atoms with E-state index in [1.54, 1.807) is 6.07 Å². The lowest BCUT2D eigenvalue weighted by atomic mass is 10.0. The molecule has 0 saturated heterocycles. The van der Waals surface area contributed by atoms with Crippen LogP contribution in [0.3, 0.4) is 0 Å². The Morgan fingerprint density at radius 3 is 2.78 bits per heavy atom. The van der Waals surface area contributed by atoms with Crippen LogP contribution in [-0.4, -0.2) is 17.3 Å². The highest BCUT2D eigenvalue weighted by molar-refractivity contribution is 5.58. The monoisotopic (exact) mass is 245 g/mol. The van der Waals surface area contributed by atoms with Gasteiger partial charge >= 0.3 is 0 Å². The van der Waals surface area contributed by atoms with Crippen LogP contribution in [0.1, 0.15) is 31.2 Å². The van der Waals surface area contributed by atoms with E-state index in [9.17, 15) is 5.11 Å². The lowest BCUT2D eigenvalue weighted by Crippen LogP contribution is -2.33. The molecule has 4 nitrogen and oxygen atoms in total. The molecule has 1 saturated carbocycles. The summed E-state index contributed by atoms with van der Waals surface area (Å²) in [5.74, 6) is 0. The molecule has 2 rings (SSSR count). The highest BCUT2D eigenvalue weighted by Gasteiger charge is 2.30. The van der Waals surface area contributed by atoms with Gasteiger partial charge in [-0.05, 0) is 36.6 Å². The van der Waals surface area contributed by atoms with Crippen molar-refractivity contribution in [1.82, 2.24) is 0 Å². The largest absolute Gasteiger partial charge is 0.398 e. The van der Waals surface area contributed by atoms with Gasteiger partial charge in [0.25, 0.3) is 0 Å².